The van der Waals surface area contributed by atoms with E-state index in [9.17, 15) is 19.2 Å². The minimum atomic E-state index is -0.944. The fourth-order valence-electron chi connectivity index (χ4n) is 12.2. The predicted octanol–water partition coefficient (Wildman–Crippen LogP) is 25.4. The smallest absolute Gasteiger partial charge is 0.338 e. The number of carbonyl (C=O) groups is 4. The number of amides is 1. The highest BCUT2D eigenvalue weighted by Crippen LogP contribution is 2.35. The number of hydrogen-bond acceptors (Lipinski definition) is 14. The third-order valence-corrected chi connectivity index (χ3v) is 19.1. The molecule has 0 aromatic heterocycles. The van der Waals surface area contributed by atoms with E-state index in [-0.39, 0.29) is 23.4 Å². The second kappa shape index (κ2) is 48.6. The Bertz CT molecular complexity index is 5260. The quantitative estimate of drug-likeness (QED) is 0.0380. The number of anilines is 3. The molecular weight excluding hydrogens is 1630 g/mol. The molecule has 0 atom stereocenters. The number of nitrogens with two attached hydrogens (primary N) is 1. The average molecular weight is 1730 g/mol. The normalized spacial score (nSPS) is 10.6. The highest BCUT2D eigenvalue weighted by atomic mass is 35.5. The summed E-state index contributed by atoms with van der Waals surface area (Å²) in [6.45, 7) is 12.0. The first-order valence-electron chi connectivity index (χ1n) is 37.6. The zero-order valence-electron chi connectivity index (χ0n) is 68.8. The maximum absolute atomic E-state index is 12.2. The molecule has 622 valence electrons. The molecule has 0 bridgehead atoms. The minimum Gasteiger partial charge on any atom is -0.478 e. The lowest BCUT2D eigenvalue weighted by Gasteiger charge is -2.20. The van der Waals surface area contributed by atoms with Crippen LogP contribution in [0.25, 0.3) is 66.8 Å². The van der Waals surface area contributed by atoms with E-state index in [1.54, 1.807) is 92.0 Å². The molecule has 0 fully saturated rings. The van der Waals surface area contributed by atoms with Crippen molar-refractivity contribution in [2.75, 3.05) is 79.3 Å². The van der Waals surface area contributed by atoms with Crippen LogP contribution in [-0.4, -0.2) is 97.9 Å². The van der Waals surface area contributed by atoms with Crippen molar-refractivity contribution in [2.24, 2.45) is 0 Å². The van der Waals surface area contributed by atoms with Gasteiger partial charge in [0.05, 0.1) is 62.9 Å². The van der Waals surface area contributed by atoms with Crippen LogP contribution >= 0.6 is 69.6 Å². The molecule has 119 heavy (non-hydrogen) atoms. The van der Waals surface area contributed by atoms with Gasteiger partial charge in [0, 0.05) is 111 Å². The van der Waals surface area contributed by atoms with Gasteiger partial charge in [-0.3, -0.25) is 4.79 Å². The molecule has 0 spiro atoms. The molecule has 12 aromatic carbocycles. The number of carboxylic acid groups (broad SMARTS) is 1. The number of ether oxygens (including phenoxy) is 8. The highest BCUT2D eigenvalue weighted by Gasteiger charge is 2.21. The summed E-state index contributed by atoms with van der Waals surface area (Å²) in [7, 11) is 14.0. The van der Waals surface area contributed by atoms with E-state index >= 15 is 0 Å². The first-order chi connectivity index (χ1) is 57.0. The van der Waals surface area contributed by atoms with Gasteiger partial charge in [0.25, 0.3) is 0 Å². The Kier molecular flexibility index (Phi) is 39.1. The number of nitrogen functional groups attached to an aromatic ring is 1. The van der Waals surface area contributed by atoms with Gasteiger partial charge in [-0.2, -0.15) is 0 Å². The van der Waals surface area contributed by atoms with Crippen LogP contribution in [0, 0.1) is 0 Å². The summed E-state index contributed by atoms with van der Waals surface area (Å²) < 4.78 is 41.8. The molecule has 4 N–H and O–H groups in total. The van der Waals surface area contributed by atoms with E-state index in [0.29, 0.717) is 77.5 Å². The number of benzene rings is 12. The van der Waals surface area contributed by atoms with Crippen LogP contribution in [0.4, 0.5) is 17.1 Å². The summed E-state index contributed by atoms with van der Waals surface area (Å²) in [5, 5.41) is 16.0. The monoisotopic (exact) mass is 1720 g/mol. The van der Waals surface area contributed by atoms with Crippen molar-refractivity contribution in [3.05, 3.63) is 335 Å². The lowest BCUT2D eigenvalue weighted by atomic mass is 9.98. The van der Waals surface area contributed by atoms with Gasteiger partial charge in [0.1, 0.15) is 5.60 Å². The maximum Gasteiger partial charge on any atom is 0.338 e. The molecule has 1 amide bonds. The molecule has 0 aliphatic rings. The number of nitrogens with zero attached hydrogens (tertiary/aromatic N) is 1. The lowest BCUT2D eigenvalue weighted by molar-refractivity contribution is -0.114. The van der Waals surface area contributed by atoms with Gasteiger partial charge in [0.2, 0.25) is 5.91 Å². The van der Waals surface area contributed by atoms with Crippen LogP contribution in [0.5, 0.6) is 0 Å². The van der Waals surface area contributed by atoms with Crippen LogP contribution in [0.2, 0.25) is 30.1 Å². The summed E-state index contributed by atoms with van der Waals surface area (Å²) in [6.07, 6.45) is 0. The Hall–Kier alpha value is -10.4. The van der Waals surface area contributed by atoms with Gasteiger partial charge >= 0.3 is 17.9 Å². The third-order valence-electron chi connectivity index (χ3n) is 17.6. The zero-order valence-corrected chi connectivity index (χ0v) is 73.4. The van der Waals surface area contributed by atoms with Crippen molar-refractivity contribution >= 4 is 110 Å². The topological polar surface area (TPSA) is 204 Å². The zero-order chi connectivity index (χ0) is 86.7. The molecule has 12 rings (SSSR count). The first kappa shape index (κ1) is 95.8. The van der Waals surface area contributed by atoms with Crippen LogP contribution in [0.3, 0.4) is 0 Å². The number of methoxy groups -OCH3 is 6. The van der Waals surface area contributed by atoms with E-state index in [0.717, 1.165) is 110 Å². The Morgan fingerprint density at radius 3 is 0.924 bits per heavy atom. The predicted molar refractivity (Wildman–Crippen MR) is 487 cm³/mol. The number of carbonyl (C=O) groups excluding carboxylic acids is 3. The van der Waals surface area contributed by atoms with Crippen LogP contribution in [0.15, 0.2) is 255 Å². The third kappa shape index (κ3) is 30.7. The van der Waals surface area contributed by atoms with E-state index in [4.69, 9.17) is 118 Å². The largest absolute Gasteiger partial charge is 0.478 e. The van der Waals surface area contributed by atoms with Gasteiger partial charge in [0.15, 0.2) is 0 Å². The fourth-order valence-corrected chi connectivity index (χ4v) is 12.9. The number of halogens is 6. The molecule has 0 heterocycles. The molecule has 0 saturated heterocycles. The summed E-state index contributed by atoms with van der Waals surface area (Å²) in [5.74, 6) is -1.69. The molecule has 0 unspecified atom stereocenters. The number of rotatable bonds is 24. The van der Waals surface area contributed by atoms with E-state index in [1.807, 2.05) is 229 Å². The Balaban J connectivity index is 0.000000197. The van der Waals surface area contributed by atoms with Gasteiger partial charge in [-0.15, -0.1) is 0 Å². The van der Waals surface area contributed by atoms with Crippen molar-refractivity contribution in [2.45, 2.75) is 79.9 Å². The second-order valence-corrected chi connectivity index (χ2v) is 30.6. The van der Waals surface area contributed by atoms with E-state index < -0.39 is 11.6 Å². The van der Waals surface area contributed by atoms with Crippen molar-refractivity contribution in [3.63, 3.8) is 0 Å². The van der Waals surface area contributed by atoms with Crippen LogP contribution in [0.1, 0.15) is 99.1 Å². The lowest BCUT2D eigenvalue weighted by Crippen LogP contribution is -2.24. The van der Waals surface area contributed by atoms with Gasteiger partial charge in [-0.25, -0.2) is 14.4 Å². The SMILES string of the molecule is CCOC(=O)c1ccc(-c2ccc(Cl)cc2)c(COC)c1.COCc1cc(C(=O)O)ccc1-c1ccc(Cl)cc1.COCc1cc(C(=O)OC(C)(C)C)ccc1-c1ccc(Cl)cc1.COCc1cc(N(C)C)ccc1-c1ccc(Cl)cc1.COCc1cc(N)ccc1-c1ccc(Cl)cc1.COCc1cc(NC(C)=O)ccc1-c1ccc(Cl)cc1. The summed E-state index contributed by atoms with van der Waals surface area (Å²) >= 11 is 35.4. The Morgan fingerprint density at radius 1 is 0.361 bits per heavy atom. The standard InChI is InChI=1S/C19H21ClO3.C17H17ClO3.C16H16ClNO2.C16H18ClNO.C15H13ClO3.C14H14ClNO/c1-19(2,3)23-18(21)14-7-10-17(15(11-14)12-22-4)13-5-8-16(20)9-6-13;1-3-21-17(19)13-6-9-16(14(10-13)11-20-2)12-4-7-15(18)8-5-12;1-11(19)18-15-7-8-16(13(9-15)10-20-2)12-3-5-14(17)6-4-12;1-18(2)15-8-9-16(13(10-15)11-19-3)12-4-6-14(17)7-5-12;1-19-9-12-8-11(15(17)18)4-7-14(12)10-2-5-13(16)6-3-10;1-17-9-11-8-13(16)6-7-14(11)10-2-4-12(15)5-3-10/h5-11H,12H2,1-4H3;4-10H,3,11H2,1-2H3;3-9H,10H2,1-2H3,(H,18,19);4-10H,11H2,1-3H3;2-8H,9H2,1H3,(H,17,18);2-8H,9,16H2,1H3. The molecule has 0 saturated carbocycles. The maximum atomic E-state index is 12.2. The van der Waals surface area contributed by atoms with Gasteiger partial charge < -0.3 is 59.0 Å². The molecular formula is C97H99Cl6N3O13. The summed E-state index contributed by atoms with van der Waals surface area (Å²) in [6, 6.07) is 79.9. The molecule has 22 heteroatoms. The minimum absolute atomic E-state index is 0.0902. The number of aromatic carboxylic acids is 1. The summed E-state index contributed by atoms with van der Waals surface area (Å²) in [4.78, 5) is 48.2. The van der Waals surface area contributed by atoms with E-state index in [1.165, 1.54) is 23.7 Å². The van der Waals surface area contributed by atoms with Gasteiger partial charge in [-0.05, 0) is 273 Å². The Labute approximate surface area is 728 Å². The molecule has 0 aliphatic carbocycles. The molecule has 0 radical (unpaired) electrons. The van der Waals surface area contributed by atoms with Crippen molar-refractivity contribution < 1.29 is 62.2 Å². The van der Waals surface area contributed by atoms with Gasteiger partial charge in [-0.1, -0.05) is 179 Å². The fraction of sp³-hybridized carbons (Fsp3) is 0.216. The number of nitrogens with one attached hydrogen (secondary N) is 1. The highest BCUT2D eigenvalue weighted by molar-refractivity contribution is 6.32. The van der Waals surface area contributed by atoms with E-state index in [2.05, 4.69) is 28.4 Å². The van der Waals surface area contributed by atoms with Crippen molar-refractivity contribution in [1.29, 1.82) is 0 Å². The second-order valence-electron chi connectivity index (χ2n) is 28.0. The molecule has 0 aliphatic heterocycles. The first-order valence-corrected chi connectivity index (χ1v) is 39.9. The molecule has 16 nitrogen and oxygen atoms in total. The number of hydrogen-bond donors (Lipinski definition) is 3. The Morgan fingerprint density at radius 2 is 0.630 bits per heavy atom. The number of esters is 2. The summed E-state index contributed by atoms with van der Waals surface area (Å²) in [5.41, 5.74) is 27.9. The van der Waals surface area contributed by atoms with Crippen molar-refractivity contribution in [1.82, 2.24) is 0 Å². The van der Waals surface area contributed by atoms with Crippen molar-refractivity contribution in [3.8, 4) is 66.8 Å². The molecule has 12 aromatic rings. The number of carboxylic acids is 1. The average Bonchev–Trinajstić information content (AvgIpc) is 0.808. The van der Waals surface area contributed by atoms with Crippen LogP contribution in [-0.2, 0) is 82.3 Å². The van der Waals surface area contributed by atoms with Crippen LogP contribution < -0.4 is 16.0 Å².